The third-order valence-corrected chi connectivity index (χ3v) is 21.2. The summed E-state index contributed by atoms with van der Waals surface area (Å²) in [6.45, 7) is 7.21. The van der Waals surface area contributed by atoms with Crippen LogP contribution in [0.25, 0.3) is 0 Å². The molecule has 35 heteroatoms. The third kappa shape index (κ3) is 38.7. The highest BCUT2D eigenvalue weighted by Crippen LogP contribution is 2.44. The molecule has 0 saturated carbocycles. The maximum atomic E-state index is 13.8. The molecule has 614 valence electrons. The van der Waals surface area contributed by atoms with Crippen LogP contribution < -0.4 is 0 Å². The van der Waals surface area contributed by atoms with E-state index in [9.17, 15) is 93.9 Å². The van der Waals surface area contributed by atoms with E-state index >= 15 is 0 Å². The lowest BCUT2D eigenvalue weighted by Crippen LogP contribution is -2.55. The Morgan fingerprint density at radius 3 is 0.924 bits per heavy atom. The van der Waals surface area contributed by atoms with Crippen molar-refractivity contribution in [2.75, 3.05) is 125 Å². The average molecular weight is 1550 g/mol. The molecule has 3 fully saturated rings. The van der Waals surface area contributed by atoms with E-state index in [0.29, 0.717) is 109 Å². The topological polar surface area (TPSA) is 470 Å². The first-order valence-electron chi connectivity index (χ1n) is 37.8. The molecule has 0 aromatic carbocycles. The Kier molecular flexibility index (Phi) is 49.3. The predicted octanol–water partition coefficient (Wildman–Crippen LogP) is 3.22. The number of phosphoric acid groups is 1. The molecule has 3 heterocycles. The van der Waals surface area contributed by atoms with Gasteiger partial charge in [-0.1, -0.05) is 59.3 Å². The zero-order valence-electron chi connectivity index (χ0n) is 62.8. The maximum Gasteiger partial charge on any atom is 0.472 e. The Balaban J connectivity index is 1.46. The minimum Gasteiger partial charge on any atom is -0.395 e. The lowest BCUT2D eigenvalue weighted by atomic mass is 9.92. The molecule has 0 aromatic heterocycles. The van der Waals surface area contributed by atoms with Crippen molar-refractivity contribution in [1.82, 2.24) is 14.7 Å². The summed E-state index contributed by atoms with van der Waals surface area (Å²) in [6.07, 6.45) is -2.14. The van der Waals surface area contributed by atoms with Crippen molar-refractivity contribution in [1.29, 1.82) is 0 Å². The van der Waals surface area contributed by atoms with Crippen molar-refractivity contribution in [3.8, 4) is 0 Å². The molecule has 105 heavy (non-hydrogen) atoms. The average Bonchev–Trinajstić information content (AvgIpc) is 0.830. The summed E-state index contributed by atoms with van der Waals surface area (Å²) < 4.78 is 88.2. The minimum absolute atomic E-state index is 0.00841. The Hall–Kier alpha value is -3.00. The fourth-order valence-corrected chi connectivity index (χ4v) is 13.8. The van der Waals surface area contributed by atoms with Crippen LogP contribution in [0.3, 0.4) is 0 Å². The number of aliphatic hydroxyl groups excluding tert-OH is 10. The molecule has 3 aliphatic heterocycles. The molecule has 0 spiro atoms. The standard InChI is InChI=1S/C70H129N3O30P2/c1-49(2)93-41-32-72(60(82)29-17-11-8-14-23-54(79)26-20-39-95-69-51(4)63(85)66(88)57(47-76)102-69)33-42-97-104(6,90)98-43-34-73(61(83)30-18-12-9-15-24-55(80)27-21-40-96-70-52(5)64(86)67(89)58(48-77)103-70)36-45-100-105(91,92)99-44-35-71(31-37-74)59(81)28-16-10-7-13-22-53(78)25-19-38-94-68-50(3)62(84)65(87)56(46-75)101-68/h49-52,56-58,62-70,74-77,84-89H,7-48H2,1-6H3,(H,91,92)/t50?,51?,52?,56?,57?,58?,62-,63-,64-,65+,66+,67+,68-,69-,70-,104?/m1/s1. The zero-order chi connectivity index (χ0) is 77.9. The lowest BCUT2D eigenvalue weighted by molar-refractivity contribution is -0.282. The van der Waals surface area contributed by atoms with E-state index in [1.54, 1.807) is 25.7 Å². The normalized spacial score (nSPS) is 26.1. The summed E-state index contributed by atoms with van der Waals surface area (Å²) in [5.41, 5.74) is 0. The number of nitrogens with zero attached hydrogens (tertiary/aromatic N) is 3. The number of carbonyl (C=O) groups excluding carboxylic acids is 6. The fraction of sp³-hybridized carbons (Fsp3) is 0.914. The van der Waals surface area contributed by atoms with Gasteiger partial charge in [-0.05, 0) is 71.6 Å². The summed E-state index contributed by atoms with van der Waals surface area (Å²) in [6, 6.07) is 0. The highest BCUT2D eigenvalue weighted by molar-refractivity contribution is 7.53. The van der Waals surface area contributed by atoms with Gasteiger partial charge in [0.2, 0.25) is 17.7 Å². The summed E-state index contributed by atoms with van der Waals surface area (Å²) >= 11 is 0. The van der Waals surface area contributed by atoms with Crippen molar-refractivity contribution in [2.45, 2.75) is 269 Å². The molecule has 3 amide bonds. The van der Waals surface area contributed by atoms with E-state index in [4.69, 9.17) is 51.3 Å². The number of rotatable bonds is 61. The number of phosphoric ester groups is 1. The minimum atomic E-state index is -4.77. The third-order valence-electron chi connectivity index (χ3n) is 18.8. The second-order valence-electron chi connectivity index (χ2n) is 27.8. The summed E-state index contributed by atoms with van der Waals surface area (Å²) in [5, 5.41) is 99.1. The van der Waals surface area contributed by atoms with Gasteiger partial charge in [0.25, 0.3) is 0 Å². The SMILES string of the molecule is CC(C)OCCN(CCOP(C)(=O)OCCN(CCOP(=O)(O)OCCN(CCO)C(=O)CCCCCCC(=O)CCCO[C@@H]1OC(CO)[C@H](O)[C@H](O)C1C)C(=O)CCCCCCC(=O)CCCO[C@@H]1OC(CO)[C@H](O)[C@H](O)C1C)C(=O)CCCCCCC(=O)CCCO[C@@H]1OC(CO)[C@H](O)[C@H](O)C1C. The van der Waals surface area contributed by atoms with E-state index in [-0.39, 0.29) is 165 Å². The van der Waals surface area contributed by atoms with Gasteiger partial charge in [-0.3, -0.25) is 42.4 Å². The van der Waals surface area contributed by atoms with Gasteiger partial charge in [-0.15, -0.1) is 0 Å². The Labute approximate surface area is 619 Å². The smallest absolute Gasteiger partial charge is 0.395 e. The quantitative estimate of drug-likeness (QED) is 0.0307. The van der Waals surface area contributed by atoms with E-state index in [1.807, 2.05) is 13.8 Å². The number of Topliss-reactive ketones (excluding diaryl/α,β-unsaturated/α-hetero) is 3. The molecule has 0 aliphatic carbocycles. The molecule has 0 radical (unpaired) electrons. The molecule has 3 rings (SSSR count). The summed E-state index contributed by atoms with van der Waals surface area (Å²) in [7, 11) is -8.58. The van der Waals surface area contributed by atoms with Gasteiger partial charge in [0.1, 0.15) is 54.0 Å². The first kappa shape index (κ1) is 96.2. The van der Waals surface area contributed by atoms with Crippen LogP contribution in [-0.2, 0) is 89.2 Å². The molecule has 0 aromatic rings. The summed E-state index contributed by atoms with van der Waals surface area (Å²) in [5.74, 6) is -2.41. The van der Waals surface area contributed by atoms with Gasteiger partial charge >= 0.3 is 15.4 Å². The molecule has 8 unspecified atom stereocenters. The van der Waals surface area contributed by atoms with E-state index < -0.39 is 140 Å². The van der Waals surface area contributed by atoms with Gasteiger partial charge in [0.05, 0.1) is 104 Å². The van der Waals surface area contributed by atoms with Gasteiger partial charge in [0, 0.05) is 121 Å². The number of amides is 3. The van der Waals surface area contributed by atoms with Gasteiger partial charge in [-0.2, -0.15) is 0 Å². The molecule has 17 atom stereocenters. The Bertz CT molecular complexity index is 2530. The number of ether oxygens (including phenoxy) is 7. The van der Waals surface area contributed by atoms with Gasteiger partial charge in [-0.25, -0.2) is 4.57 Å². The van der Waals surface area contributed by atoms with E-state index in [0.717, 1.165) is 6.42 Å². The highest BCUT2D eigenvalue weighted by Gasteiger charge is 2.45. The Morgan fingerprint density at radius 2 is 0.638 bits per heavy atom. The van der Waals surface area contributed by atoms with Crippen LogP contribution in [0.5, 0.6) is 0 Å². The van der Waals surface area contributed by atoms with E-state index in [1.165, 1.54) is 16.5 Å². The molecular weight excluding hydrogens is 1420 g/mol. The maximum absolute atomic E-state index is 13.8. The van der Waals surface area contributed by atoms with Crippen molar-refractivity contribution < 1.29 is 145 Å². The monoisotopic (exact) mass is 1550 g/mol. The van der Waals surface area contributed by atoms with Crippen molar-refractivity contribution >= 4 is 50.5 Å². The molecule has 0 bridgehead atoms. The molecular formula is C70H129N3O30P2. The van der Waals surface area contributed by atoms with Crippen molar-refractivity contribution in [2.24, 2.45) is 17.8 Å². The molecule has 3 saturated heterocycles. The fourth-order valence-electron chi connectivity index (χ4n) is 12.2. The van der Waals surface area contributed by atoms with Crippen LogP contribution in [0.1, 0.15) is 189 Å². The van der Waals surface area contributed by atoms with Gasteiger partial charge in [0.15, 0.2) is 18.9 Å². The number of aliphatic hydroxyl groups is 10. The van der Waals surface area contributed by atoms with Crippen LogP contribution in [0.2, 0.25) is 0 Å². The number of hydrogen-bond acceptors (Lipinski definition) is 29. The summed E-state index contributed by atoms with van der Waals surface area (Å²) in [4.78, 5) is 93.1. The van der Waals surface area contributed by atoms with Crippen LogP contribution in [-0.4, -0.2) is 311 Å². The van der Waals surface area contributed by atoms with Crippen LogP contribution in [0.15, 0.2) is 0 Å². The number of ketones is 3. The largest absolute Gasteiger partial charge is 0.472 e. The number of hydrogen-bond donors (Lipinski definition) is 11. The molecule has 3 aliphatic rings. The van der Waals surface area contributed by atoms with E-state index in [2.05, 4.69) is 0 Å². The lowest BCUT2D eigenvalue weighted by Gasteiger charge is -2.40. The zero-order valence-corrected chi connectivity index (χ0v) is 64.6. The molecule has 11 N–H and O–H groups in total. The van der Waals surface area contributed by atoms with Gasteiger partial charge < -0.3 is 113 Å². The predicted molar refractivity (Wildman–Crippen MR) is 380 cm³/mol. The second-order valence-corrected chi connectivity index (χ2v) is 31.3. The van der Waals surface area contributed by atoms with Crippen LogP contribution in [0.4, 0.5) is 0 Å². The molecule has 33 nitrogen and oxygen atoms in total. The van der Waals surface area contributed by atoms with Crippen LogP contribution >= 0.6 is 15.4 Å². The second kappa shape index (κ2) is 53.8. The van der Waals surface area contributed by atoms with Crippen molar-refractivity contribution in [3.63, 3.8) is 0 Å². The number of unbranched alkanes of at least 4 members (excludes halogenated alkanes) is 9. The van der Waals surface area contributed by atoms with Crippen molar-refractivity contribution in [3.05, 3.63) is 0 Å². The first-order valence-corrected chi connectivity index (χ1v) is 41.3. The first-order chi connectivity index (χ1) is 50.0. The highest BCUT2D eigenvalue weighted by atomic mass is 31.2. The number of carbonyl (C=O) groups is 6. The van der Waals surface area contributed by atoms with Crippen LogP contribution in [0, 0.1) is 17.8 Å². The Morgan fingerprint density at radius 1 is 0.371 bits per heavy atom.